The van der Waals surface area contributed by atoms with Crippen LogP contribution in [0.2, 0.25) is 0 Å². The fourth-order valence-electron chi connectivity index (χ4n) is 1.59. The standard InChI is InChI=1S/C12H26ClN/c1-4-7-8-9-14-11-12(5-2,6-3)10-13/h14H,4-11H2,1-3H3. The van der Waals surface area contributed by atoms with Crippen LogP contribution in [0.1, 0.15) is 52.9 Å². The van der Waals surface area contributed by atoms with Gasteiger partial charge in [-0.05, 0) is 31.2 Å². The van der Waals surface area contributed by atoms with Crippen molar-refractivity contribution in [2.75, 3.05) is 19.0 Å². The summed E-state index contributed by atoms with van der Waals surface area (Å²) in [5.41, 5.74) is 0.327. The number of hydrogen-bond acceptors (Lipinski definition) is 1. The molecule has 14 heavy (non-hydrogen) atoms. The lowest BCUT2D eigenvalue weighted by Gasteiger charge is -2.29. The van der Waals surface area contributed by atoms with Crippen molar-refractivity contribution in [2.24, 2.45) is 5.41 Å². The maximum atomic E-state index is 6.02. The Morgan fingerprint density at radius 2 is 1.71 bits per heavy atom. The third kappa shape index (κ3) is 5.21. The van der Waals surface area contributed by atoms with Gasteiger partial charge in [0.25, 0.3) is 0 Å². The zero-order valence-corrected chi connectivity index (χ0v) is 10.8. The van der Waals surface area contributed by atoms with Gasteiger partial charge in [-0.3, -0.25) is 0 Å². The van der Waals surface area contributed by atoms with Gasteiger partial charge in [0.05, 0.1) is 0 Å². The Morgan fingerprint density at radius 1 is 1.07 bits per heavy atom. The molecule has 0 spiro atoms. The average molecular weight is 220 g/mol. The first-order valence-corrected chi connectivity index (χ1v) is 6.54. The number of unbranched alkanes of at least 4 members (excludes halogenated alkanes) is 2. The maximum Gasteiger partial charge on any atom is 0.0291 e. The highest BCUT2D eigenvalue weighted by atomic mass is 35.5. The average Bonchev–Trinajstić information content (AvgIpc) is 2.24. The minimum absolute atomic E-state index is 0.327. The van der Waals surface area contributed by atoms with Crippen LogP contribution in [0.5, 0.6) is 0 Å². The van der Waals surface area contributed by atoms with Gasteiger partial charge in [0.2, 0.25) is 0 Å². The second kappa shape index (κ2) is 8.55. The molecule has 2 heteroatoms. The van der Waals surface area contributed by atoms with E-state index in [2.05, 4.69) is 26.1 Å². The summed E-state index contributed by atoms with van der Waals surface area (Å²) in [5.74, 6) is 0.779. The molecular weight excluding hydrogens is 194 g/mol. The second-order valence-corrected chi connectivity index (χ2v) is 4.49. The number of nitrogens with one attached hydrogen (secondary N) is 1. The van der Waals surface area contributed by atoms with Crippen molar-refractivity contribution in [3.63, 3.8) is 0 Å². The largest absolute Gasteiger partial charge is 0.316 e. The van der Waals surface area contributed by atoms with Crippen molar-refractivity contribution in [2.45, 2.75) is 52.9 Å². The first-order valence-electron chi connectivity index (χ1n) is 6.01. The molecule has 0 amide bonds. The zero-order valence-electron chi connectivity index (χ0n) is 10.0. The van der Waals surface area contributed by atoms with E-state index in [0.717, 1.165) is 19.0 Å². The molecule has 0 fully saturated rings. The SMILES string of the molecule is CCCCCNCC(CC)(CC)CCl. The molecule has 0 unspecified atom stereocenters. The first-order chi connectivity index (χ1) is 6.74. The normalized spacial score (nSPS) is 12.0. The lowest BCUT2D eigenvalue weighted by atomic mass is 9.84. The van der Waals surface area contributed by atoms with Crippen molar-refractivity contribution in [3.8, 4) is 0 Å². The highest BCUT2D eigenvalue weighted by Crippen LogP contribution is 2.26. The molecule has 0 bridgehead atoms. The topological polar surface area (TPSA) is 12.0 Å². The summed E-state index contributed by atoms with van der Waals surface area (Å²) in [6, 6.07) is 0. The number of halogens is 1. The van der Waals surface area contributed by atoms with Gasteiger partial charge in [0.15, 0.2) is 0 Å². The van der Waals surface area contributed by atoms with Crippen LogP contribution in [0.15, 0.2) is 0 Å². The smallest absolute Gasteiger partial charge is 0.0291 e. The van der Waals surface area contributed by atoms with Crippen LogP contribution in [0.25, 0.3) is 0 Å². The highest BCUT2D eigenvalue weighted by molar-refractivity contribution is 6.18. The van der Waals surface area contributed by atoms with Crippen LogP contribution >= 0.6 is 11.6 Å². The van der Waals surface area contributed by atoms with Crippen LogP contribution < -0.4 is 5.32 Å². The van der Waals surface area contributed by atoms with Crippen LogP contribution in [0, 0.1) is 5.41 Å². The quantitative estimate of drug-likeness (QED) is 0.460. The Hall–Kier alpha value is 0.250. The monoisotopic (exact) mass is 219 g/mol. The van der Waals surface area contributed by atoms with E-state index in [1.54, 1.807) is 0 Å². The van der Waals surface area contributed by atoms with Crippen LogP contribution in [-0.4, -0.2) is 19.0 Å². The summed E-state index contributed by atoms with van der Waals surface area (Å²) in [7, 11) is 0. The summed E-state index contributed by atoms with van der Waals surface area (Å²) < 4.78 is 0. The molecule has 1 N–H and O–H groups in total. The summed E-state index contributed by atoms with van der Waals surface area (Å²) in [6.07, 6.45) is 6.27. The highest BCUT2D eigenvalue weighted by Gasteiger charge is 2.23. The molecule has 0 rings (SSSR count). The predicted octanol–water partition coefficient (Wildman–Crippen LogP) is 3.81. The summed E-state index contributed by atoms with van der Waals surface area (Å²) in [5, 5.41) is 3.53. The Kier molecular flexibility index (Phi) is 8.70. The Balaban J connectivity index is 3.61. The van der Waals surface area contributed by atoms with Gasteiger partial charge in [0.1, 0.15) is 0 Å². The van der Waals surface area contributed by atoms with Crippen LogP contribution in [0.3, 0.4) is 0 Å². The van der Waals surface area contributed by atoms with Crippen molar-refractivity contribution >= 4 is 11.6 Å². The fourth-order valence-corrected chi connectivity index (χ4v) is 2.06. The summed E-state index contributed by atoms with van der Waals surface area (Å²) in [4.78, 5) is 0. The fraction of sp³-hybridized carbons (Fsp3) is 1.00. The van der Waals surface area contributed by atoms with E-state index in [4.69, 9.17) is 11.6 Å². The van der Waals surface area contributed by atoms with Gasteiger partial charge < -0.3 is 5.32 Å². The van der Waals surface area contributed by atoms with Gasteiger partial charge in [-0.1, -0.05) is 33.6 Å². The van der Waals surface area contributed by atoms with Crippen LogP contribution in [0.4, 0.5) is 0 Å². The molecular formula is C12H26ClN. The third-order valence-electron chi connectivity index (χ3n) is 3.24. The molecule has 0 aromatic heterocycles. The van der Waals surface area contributed by atoms with Gasteiger partial charge in [-0.25, -0.2) is 0 Å². The van der Waals surface area contributed by atoms with Crippen molar-refractivity contribution < 1.29 is 0 Å². The molecule has 0 saturated carbocycles. The van der Waals surface area contributed by atoms with E-state index < -0.39 is 0 Å². The molecule has 0 aromatic carbocycles. The van der Waals surface area contributed by atoms with E-state index in [0.29, 0.717) is 5.41 Å². The first kappa shape index (κ1) is 14.2. The second-order valence-electron chi connectivity index (χ2n) is 4.22. The molecule has 0 saturated heterocycles. The van der Waals surface area contributed by atoms with E-state index in [1.807, 2.05) is 0 Å². The maximum absolute atomic E-state index is 6.02. The Bertz CT molecular complexity index is 113. The van der Waals surface area contributed by atoms with E-state index in [1.165, 1.54) is 32.1 Å². The lowest BCUT2D eigenvalue weighted by molar-refractivity contribution is 0.286. The minimum atomic E-state index is 0.327. The predicted molar refractivity (Wildman–Crippen MR) is 66.1 cm³/mol. The molecule has 1 nitrogen and oxygen atoms in total. The molecule has 0 aliphatic carbocycles. The van der Waals surface area contributed by atoms with Gasteiger partial charge in [-0.15, -0.1) is 11.6 Å². The number of alkyl halides is 1. The summed E-state index contributed by atoms with van der Waals surface area (Å²) in [6.45, 7) is 8.93. The molecule has 0 aliphatic heterocycles. The molecule has 0 heterocycles. The minimum Gasteiger partial charge on any atom is -0.316 e. The lowest BCUT2D eigenvalue weighted by Crippen LogP contribution is -2.35. The zero-order chi connectivity index (χ0) is 10.9. The van der Waals surface area contributed by atoms with Gasteiger partial charge in [-0.2, -0.15) is 0 Å². The molecule has 0 aromatic rings. The summed E-state index contributed by atoms with van der Waals surface area (Å²) >= 11 is 6.02. The van der Waals surface area contributed by atoms with Crippen molar-refractivity contribution in [3.05, 3.63) is 0 Å². The molecule has 0 radical (unpaired) electrons. The van der Waals surface area contributed by atoms with E-state index in [-0.39, 0.29) is 0 Å². The Morgan fingerprint density at radius 3 is 2.14 bits per heavy atom. The van der Waals surface area contributed by atoms with E-state index >= 15 is 0 Å². The third-order valence-corrected chi connectivity index (χ3v) is 3.81. The Labute approximate surface area is 94.6 Å². The van der Waals surface area contributed by atoms with Crippen molar-refractivity contribution in [1.82, 2.24) is 5.32 Å². The van der Waals surface area contributed by atoms with Crippen LogP contribution in [-0.2, 0) is 0 Å². The molecule has 0 aliphatic rings. The van der Waals surface area contributed by atoms with Gasteiger partial charge in [0, 0.05) is 12.4 Å². The molecule has 0 atom stereocenters. The number of hydrogen-bond donors (Lipinski definition) is 1. The van der Waals surface area contributed by atoms with Gasteiger partial charge >= 0.3 is 0 Å². The van der Waals surface area contributed by atoms with Crippen molar-refractivity contribution in [1.29, 1.82) is 0 Å². The number of rotatable bonds is 9. The molecule has 86 valence electrons. The van der Waals surface area contributed by atoms with E-state index in [9.17, 15) is 0 Å².